The van der Waals surface area contributed by atoms with Gasteiger partial charge < -0.3 is 0 Å². The first-order valence-corrected chi connectivity index (χ1v) is 7.96. The summed E-state index contributed by atoms with van der Waals surface area (Å²) >= 11 is 0. The minimum absolute atomic E-state index is 0.848. The minimum atomic E-state index is 0.848. The summed E-state index contributed by atoms with van der Waals surface area (Å²) in [5.41, 5.74) is 4.41. The summed E-state index contributed by atoms with van der Waals surface area (Å²) in [6.45, 7) is 11.8. The van der Waals surface area contributed by atoms with Gasteiger partial charge in [0.15, 0.2) is 0 Å². The summed E-state index contributed by atoms with van der Waals surface area (Å²) in [4.78, 5) is 2.23. The van der Waals surface area contributed by atoms with Crippen molar-refractivity contribution in [1.29, 1.82) is 0 Å². The normalized spacial score (nSPS) is 12.4. The molecule has 0 aliphatic carbocycles. The molecule has 1 rings (SSSR count). The highest BCUT2D eigenvalue weighted by Gasteiger charge is 2.00. The molecule has 23 heavy (non-hydrogen) atoms. The highest BCUT2D eigenvalue weighted by molar-refractivity contribution is 5.79. The zero-order valence-electron chi connectivity index (χ0n) is 14.8. The van der Waals surface area contributed by atoms with Crippen LogP contribution < -0.4 is 0 Å². The van der Waals surface area contributed by atoms with Crippen molar-refractivity contribution in [2.45, 2.75) is 20.8 Å². The van der Waals surface area contributed by atoms with E-state index in [0.717, 1.165) is 35.4 Å². The van der Waals surface area contributed by atoms with Crippen LogP contribution in [0.3, 0.4) is 0 Å². The molecule has 0 spiro atoms. The van der Waals surface area contributed by atoms with Crippen molar-refractivity contribution in [3.8, 4) is 11.8 Å². The smallest absolute Gasteiger partial charge is 0.0294 e. The molecule has 1 aromatic carbocycles. The Labute approximate surface area is 141 Å². The molecule has 1 heteroatoms. The fourth-order valence-corrected chi connectivity index (χ4v) is 2.16. The first-order valence-electron chi connectivity index (χ1n) is 7.96. The predicted octanol–water partition coefficient (Wildman–Crippen LogP) is 5.10. The second kappa shape index (κ2) is 10.4. The molecule has 0 radical (unpaired) electrons. The molecule has 0 aliphatic heterocycles. The van der Waals surface area contributed by atoms with Gasteiger partial charge in [0.25, 0.3) is 0 Å². The van der Waals surface area contributed by atoms with Crippen LogP contribution in [-0.4, -0.2) is 25.0 Å². The topological polar surface area (TPSA) is 3.24 Å². The average Bonchev–Trinajstić information content (AvgIpc) is 2.53. The Morgan fingerprint density at radius 2 is 1.87 bits per heavy atom. The Morgan fingerprint density at radius 1 is 1.17 bits per heavy atom. The molecule has 0 amide bonds. The zero-order chi connectivity index (χ0) is 17.1. The third-order valence-electron chi connectivity index (χ3n) is 3.23. The number of benzene rings is 1. The van der Waals surface area contributed by atoms with Gasteiger partial charge >= 0.3 is 0 Å². The van der Waals surface area contributed by atoms with Crippen LogP contribution in [0.15, 0.2) is 72.4 Å². The van der Waals surface area contributed by atoms with Crippen LogP contribution in [0.25, 0.3) is 5.57 Å². The summed E-state index contributed by atoms with van der Waals surface area (Å²) in [7, 11) is 2.10. The van der Waals surface area contributed by atoms with Crippen LogP contribution >= 0.6 is 0 Å². The molecule has 120 valence electrons. The van der Waals surface area contributed by atoms with Crippen LogP contribution in [0.2, 0.25) is 0 Å². The molecule has 0 atom stereocenters. The van der Waals surface area contributed by atoms with E-state index in [1.54, 1.807) is 0 Å². The quantitative estimate of drug-likeness (QED) is 0.401. The maximum atomic E-state index is 3.97. The first-order chi connectivity index (χ1) is 11.1. The third kappa shape index (κ3) is 7.49. The van der Waals surface area contributed by atoms with E-state index < -0.39 is 0 Å². The van der Waals surface area contributed by atoms with Crippen LogP contribution in [-0.2, 0) is 0 Å². The van der Waals surface area contributed by atoms with Crippen molar-refractivity contribution in [2.24, 2.45) is 0 Å². The standard InChI is InChI=1S/C22H27N/c1-6-11-20(7-2)14-15-22(21-12-9-8-10-13-21)16-17-23(5)18-19(3)4/h6-13,16H,3,17-18H2,1-2,4-5H3/b11-6-,20-7+,22-16-. The van der Waals surface area contributed by atoms with Gasteiger partial charge in [0, 0.05) is 24.2 Å². The van der Waals surface area contributed by atoms with E-state index in [-0.39, 0.29) is 0 Å². The van der Waals surface area contributed by atoms with Gasteiger partial charge in [-0.25, -0.2) is 0 Å². The summed E-state index contributed by atoms with van der Waals surface area (Å²) < 4.78 is 0. The predicted molar refractivity (Wildman–Crippen MR) is 103 cm³/mol. The molecule has 0 unspecified atom stereocenters. The summed E-state index contributed by atoms with van der Waals surface area (Å²) in [5.74, 6) is 6.58. The Morgan fingerprint density at radius 3 is 2.43 bits per heavy atom. The monoisotopic (exact) mass is 305 g/mol. The fraction of sp³-hybridized carbons (Fsp3) is 0.273. The molecule has 0 aliphatic rings. The van der Waals surface area contributed by atoms with E-state index in [9.17, 15) is 0 Å². The lowest BCUT2D eigenvalue weighted by Crippen LogP contribution is -2.20. The van der Waals surface area contributed by atoms with Gasteiger partial charge in [-0.15, -0.1) is 0 Å². The van der Waals surface area contributed by atoms with Gasteiger partial charge in [0.1, 0.15) is 0 Å². The zero-order valence-corrected chi connectivity index (χ0v) is 14.8. The van der Waals surface area contributed by atoms with E-state index in [2.05, 4.69) is 48.6 Å². The molecular formula is C22H27N. The fourth-order valence-electron chi connectivity index (χ4n) is 2.16. The lowest BCUT2D eigenvalue weighted by atomic mass is 10.1. The molecule has 1 aromatic rings. The Balaban J connectivity index is 3.04. The van der Waals surface area contributed by atoms with Gasteiger partial charge in [0.05, 0.1) is 0 Å². The van der Waals surface area contributed by atoms with Crippen LogP contribution in [0.1, 0.15) is 26.3 Å². The van der Waals surface area contributed by atoms with Gasteiger partial charge in [-0.1, -0.05) is 78.6 Å². The van der Waals surface area contributed by atoms with Crippen molar-refractivity contribution in [1.82, 2.24) is 4.90 Å². The SMILES string of the molecule is C=C(C)CN(C)C/C=C(/C#CC(/C=C\C)=C/C)c1ccccc1. The lowest BCUT2D eigenvalue weighted by molar-refractivity contribution is 0.404. The molecule has 0 aromatic heterocycles. The van der Waals surface area contributed by atoms with Gasteiger partial charge in [0.2, 0.25) is 0 Å². The highest BCUT2D eigenvalue weighted by atomic mass is 15.1. The van der Waals surface area contributed by atoms with Crippen molar-refractivity contribution in [3.63, 3.8) is 0 Å². The van der Waals surface area contributed by atoms with Crippen molar-refractivity contribution in [3.05, 3.63) is 77.9 Å². The second-order valence-corrected chi connectivity index (χ2v) is 5.63. The van der Waals surface area contributed by atoms with Crippen molar-refractivity contribution >= 4 is 5.57 Å². The van der Waals surface area contributed by atoms with Gasteiger partial charge in [-0.3, -0.25) is 4.90 Å². The Bertz CT molecular complexity index is 648. The molecule has 0 saturated heterocycles. The van der Waals surface area contributed by atoms with Crippen molar-refractivity contribution in [2.75, 3.05) is 20.1 Å². The molecule has 0 saturated carbocycles. The highest BCUT2D eigenvalue weighted by Crippen LogP contribution is 2.13. The first kappa shape index (κ1) is 18.7. The Kier molecular flexibility index (Phi) is 8.50. The molecule has 1 nitrogen and oxygen atoms in total. The molecular weight excluding hydrogens is 278 g/mol. The largest absolute Gasteiger partial charge is 0.299 e. The van der Waals surface area contributed by atoms with E-state index in [4.69, 9.17) is 0 Å². The van der Waals surface area contributed by atoms with Gasteiger partial charge in [-0.2, -0.15) is 0 Å². The summed E-state index contributed by atoms with van der Waals surface area (Å²) in [5, 5.41) is 0. The summed E-state index contributed by atoms with van der Waals surface area (Å²) in [6.07, 6.45) is 8.26. The number of likely N-dealkylation sites (N-methyl/N-ethyl adjacent to an activating group) is 1. The molecule has 0 fully saturated rings. The maximum absolute atomic E-state index is 3.97. The number of hydrogen-bond acceptors (Lipinski definition) is 1. The number of hydrogen-bond donors (Lipinski definition) is 0. The van der Waals surface area contributed by atoms with E-state index in [1.807, 2.05) is 57.2 Å². The van der Waals surface area contributed by atoms with Crippen LogP contribution in [0.4, 0.5) is 0 Å². The van der Waals surface area contributed by atoms with E-state index in [0.29, 0.717) is 0 Å². The maximum Gasteiger partial charge on any atom is 0.0294 e. The number of nitrogens with zero attached hydrogens (tertiary/aromatic N) is 1. The second-order valence-electron chi connectivity index (χ2n) is 5.63. The lowest BCUT2D eigenvalue weighted by Gasteiger charge is -2.14. The van der Waals surface area contributed by atoms with Crippen molar-refractivity contribution < 1.29 is 0 Å². The number of rotatable bonds is 6. The van der Waals surface area contributed by atoms with E-state index >= 15 is 0 Å². The Hall–Kier alpha value is -2.30. The number of allylic oxidation sites excluding steroid dienone is 5. The molecule has 0 N–H and O–H groups in total. The van der Waals surface area contributed by atoms with Crippen LogP contribution in [0.5, 0.6) is 0 Å². The van der Waals surface area contributed by atoms with Crippen LogP contribution in [0, 0.1) is 11.8 Å². The third-order valence-corrected chi connectivity index (χ3v) is 3.23. The molecule has 0 bridgehead atoms. The molecule has 0 heterocycles. The summed E-state index contributed by atoms with van der Waals surface area (Å²) in [6, 6.07) is 10.3. The minimum Gasteiger partial charge on any atom is -0.299 e. The van der Waals surface area contributed by atoms with E-state index in [1.165, 1.54) is 0 Å². The van der Waals surface area contributed by atoms with Gasteiger partial charge in [-0.05, 0) is 33.4 Å². The average molecular weight is 305 g/mol.